The van der Waals surface area contributed by atoms with E-state index in [1.54, 1.807) is 6.26 Å². The van der Waals surface area contributed by atoms with E-state index in [4.69, 9.17) is 4.42 Å². The minimum Gasteiger partial charge on any atom is -0.469 e. The molecule has 1 aromatic rings. The number of rotatable bonds is 2. The first-order valence-corrected chi connectivity index (χ1v) is 3.10. The molecule has 0 aliphatic rings. The van der Waals surface area contributed by atoms with E-state index >= 15 is 0 Å². The first-order chi connectivity index (χ1) is 4.29. The standard InChI is InChI=1S/C8H11O/c1-7(2)6-8-4-3-5-9-8/h3-5H,6H2,1-2H3. The van der Waals surface area contributed by atoms with Gasteiger partial charge in [0, 0.05) is 6.42 Å². The van der Waals surface area contributed by atoms with Gasteiger partial charge in [0.1, 0.15) is 5.76 Å². The van der Waals surface area contributed by atoms with E-state index in [-0.39, 0.29) is 0 Å². The molecule has 49 valence electrons. The second-order valence-corrected chi connectivity index (χ2v) is 2.46. The van der Waals surface area contributed by atoms with Gasteiger partial charge in [-0.05, 0) is 18.1 Å². The summed E-state index contributed by atoms with van der Waals surface area (Å²) in [5.74, 6) is 2.43. The Labute approximate surface area is 55.7 Å². The summed E-state index contributed by atoms with van der Waals surface area (Å²) in [5.41, 5.74) is 0. The van der Waals surface area contributed by atoms with Gasteiger partial charge in [-0.2, -0.15) is 0 Å². The minimum absolute atomic E-state index is 0.965. The first-order valence-electron chi connectivity index (χ1n) is 3.10. The van der Waals surface area contributed by atoms with Gasteiger partial charge >= 0.3 is 0 Å². The second-order valence-electron chi connectivity index (χ2n) is 2.46. The Bertz CT molecular complexity index is 151. The fourth-order valence-corrected chi connectivity index (χ4v) is 0.762. The molecule has 1 aromatic heterocycles. The predicted molar refractivity (Wildman–Crippen MR) is 37.0 cm³/mol. The van der Waals surface area contributed by atoms with Gasteiger partial charge in [-0.15, -0.1) is 0 Å². The molecule has 0 fully saturated rings. The summed E-state index contributed by atoms with van der Waals surface area (Å²) >= 11 is 0. The third-order valence-electron chi connectivity index (χ3n) is 1.11. The first kappa shape index (κ1) is 6.40. The molecule has 0 N–H and O–H groups in total. The SMILES string of the molecule is C[C](C)Cc1ccco1. The zero-order valence-corrected chi connectivity index (χ0v) is 5.85. The molecule has 0 unspecified atom stereocenters. The van der Waals surface area contributed by atoms with Crippen molar-refractivity contribution in [3.05, 3.63) is 30.1 Å². The molecule has 1 rings (SSSR count). The van der Waals surface area contributed by atoms with Gasteiger partial charge in [0.25, 0.3) is 0 Å². The molecule has 0 saturated heterocycles. The molecule has 1 heteroatoms. The molecular formula is C8H11O. The summed E-state index contributed by atoms with van der Waals surface area (Å²) in [6.45, 7) is 4.20. The number of hydrogen-bond acceptors (Lipinski definition) is 1. The monoisotopic (exact) mass is 123 g/mol. The van der Waals surface area contributed by atoms with Crippen LogP contribution in [0.1, 0.15) is 19.6 Å². The average molecular weight is 123 g/mol. The summed E-state index contributed by atoms with van der Waals surface area (Å²) < 4.78 is 5.12. The Balaban J connectivity index is 2.48. The van der Waals surface area contributed by atoms with E-state index in [0.29, 0.717) is 0 Å². The highest BCUT2D eigenvalue weighted by Gasteiger charge is 1.98. The maximum absolute atomic E-state index is 5.12. The van der Waals surface area contributed by atoms with Crippen LogP contribution in [0.25, 0.3) is 0 Å². The Morgan fingerprint density at radius 1 is 1.56 bits per heavy atom. The number of hydrogen-bond donors (Lipinski definition) is 0. The molecule has 0 amide bonds. The van der Waals surface area contributed by atoms with Crippen molar-refractivity contribution in [1.82, 2.24) is 0 Å². The lowest BCUT2D eigenvalue weighted by Crippen LogP contribution is -1.87. The molecule has 0 saturated carbocycles. The molecule has 0 bridgehead atoms. The van der Waals surface area contributed by atoms with Crippen LogP contribution < -0.4 is 0 Å². The highest BCUT2D eigenvalue weighted by molar-refractivity contribution is 5.03. The molecule has 0 aliphatic heterocycles. The van der Waals surface area contributed by atoms with Crippen LogP contribution in [0.2, 0.25) is 0 Å². The topological polar surface area (TPSA) is 13.1 Å². The zero-order chi connectivity index (χ0) is 6.69. The Hall–Kier alpha value is -0.720. The molecule has 9 heavy (non-hydrogen) atoms. The summed E-state index contributed by atoms with van der Waals surface area (Å²) in [7, 11) is 0. The fourth-order valence-electron chi connectivity index (χ4n) is 0.762. The summed E-state index contributed by atoms with van der Waals surface area (Å²) in [5, 5.41) is 0. The van der Waals surface area contributed by atoms with Crippen LogP contribution >= 0.6 is 0 Å². The highest BCUT2D eigenvalue weighted by atomic mass is 16.3. The van der Waals surface area contributed by atoms with Gasteiger partial charge in [-0.1, -0.05) is 13.8 Å². The molecule has 0 aliphatic carbocycles. The lowest BCUT2D eigenvalue weighted by molar-refractivity contribution is 0.512. The van der Waals surface area contributed by atoms with E-state index in [1.807, 2.05) is 12.1 Å². The van der Waals surface area contributed by atoms with Crippen LogP contribution in [0.4, 0.5) is 0 Å². The van der Waals surface area contributed by atoms with E-state index in [9.17, 15) is 0 Å². The van der Waals surface area contributed by atoms with Gasteiger partial charge in [-0.25, -0.2) is 0 Å². The molecule has 1 nitrogen and oxygen atoms in total. The van der Waals surface area contributed by atoms with Crippen molar-refractivity contribution < 1.29 is 4.42 Å². The Morgan fingerprint density at radius 3 is 2.78 bits per heavy atom. The average Bonchev–Trinajstić information content (AvgIpc) is 2.15. The summed E-state index contributed by atoms with van der Waals surface area (Å²) in [6.07, 6.45) is 2.67. The lowest BCUT2D eigenvalue weighted by atomic mass is 10.1. The van der Waals surface area contributed by atoms with Crippen molar-refractivity contribution in [2.24, 2.45) is 0 Å². The lowest BCUT2D eigenvalue weighted by Gasteiger charge is -1.97. The minimum atomic E-state index is 0.965. The van der Waals surface area contributed by atoms with Crippen molar-refractivity contribution >= 4 is 0 Å². The van der Waals surface area contributed by atoms with E-state index in [2.05, 4.69) is 13.8 Å². The molecular weight excluding hydrogens is 112 g/mol. The normalized spacial score (nSPS) is 10.6. The highest BCUT2D eigenvalue weighted by Crippen LogP contribution is 2.08. The van der Waals surface area contributed by atoms with Crippen LogP contribution in [0, 0.1) is 5.92 Å². The van der Waals surface area contributed by atoms with Crippen LogP contribution in [-0.4, -0.2) is 0 Å². The van der Waals surface area contributed by atoms with Gasteiger partial charge in [0.15, 0.2) is 0 Å². The predicted octanol–water partition coefficient (Wildman–Crippen LogP) is 2.44. The largest absolute Gasteiger partial charge is 0.469 e. The molecule has 0 atom stereocenters. The third kappa shape index (κ3) is 1.92. The van der Waals surface area contributed by atoms with Crippen LogP contribution in [0.5, 0.6) is 0 Å². The van der Waals surface area contributed by atoms with Gasteiger partial charge in [-0.3, -0.25) is 0 Å². The van der Waals surface area contributed by atoms with E-state index in [1.165, 1.54) is 5.92 Å². The van der Waals surface area contributed by atoms with Crippen LogP contribution in [0.15, 0.2) is 22.8 Å². The molecule has 1 heterocycles. The fraction of sp³-hybridized carbons (Fsp3) is 0.375. The van der Waals surface area contributed by atoms with Crippen LogP contribution in [-0.2, 0) is 6.42 Å². The van der Waals surface area contributed by atoms with Crippen molar-refractivity contribution in [2.45, 2.75) is 20.3 Å². The zero-order valence-electron chi connectivity index (χ0n) is 5.85. The van der Waals surface area contributed by atoms with Crippen LogP contribution in [0.3, 0.4) is 0 Å². The van der Waals surface area contributed by atoms with Gasteiger partial charge < -0.3 is 4.42 Å². The molecule has 0 spiro atoms. The smallest absolute Gasteiger partial charge is 0.104 e. The van der Waals surface area contributed by atoms with E-state index in [0.717, 1.165) is 12.2 Å². The van der Waals surface area contributed by atoms with Crippen molar-refractivity contribution in [1.29, 1.82) is 0 Å². The quantitative estimate of drug-likeness (QED) is 0.588. The van der Waals surface area contributed by atoms with Gasteiger partial charge in [0.05, 0.1) is 6.26 Å². The van der Waals surface area contributed by atoms with Crippen molar-refractivity contribution in [3.63, 3.8) is 0 Å². The molecule has 0 aromatic carbocycles. The maximum Gasteiger partial charge on any atom is 0.104 e. The second kappa shape index (κ2) is 2.72. The van der Waals surface area contributed by atoms with Crippen molar-refractivity contribution in [3.8, 4) is 0 Å². The van der Waals surface area contributed by atoms with Gasteiger partial charge in [0.2, 0.25) is 0 Å². The Morgan fingerprint density at radius 2 is 2.33 bits per heavy atom. The Kier molecular flexibility index (Phi) is 1.93. The summed E-state index contributed by atoms with van der Waals surface area (Å²) in [4.78, 5) is 0. The third-order valence-corrected chi connectivity index (χ3v) is 1.11. The molecule has 1 radical (unpaired) electrons. The summed E-state index contributed by atoms with van der Waals surface area (Å²) in [6, 6.07) is 3.91. The maximum atomic E-state index is 5.12. The van der Waals surface area contributed by atoms with E-state index < -0.39 is 0 Å². The van der Waals surface area contributed by atoms with Crippen molar-refractivity contribution in [2.75, 3.05) is 0 Å². The number of furan rings is 1.